The summed E-state index contributed by atoms with van der Waals surface area (Å²) < 4.78 is 5.13. The van der Waals surface area contributed by atoms with Gasteiger partial charge < -0.3 is 15.4 Å². The Labute approximate surface area is 124 Å². The van der Waals surface area contributed by atoms with Gasteiger partial charge in [0.25, 0.3) is 5.91 Å². The molecule has 1 aliphatic heterocycles. The van der Waals surface area contributed by atoms with E-state index in [4.69, 9.17) is 10.5 Å². The van der Waals surface area contributed by atoms with E-state index in [2.05, 4.69) is 6.92 Å². The Morgan fingerprint density at radius 3 is 2.62 bits per heavy atom. The van der Waals surface area contributed by atoms with Crippen LogP contribution in [0.1, 0.15) is 22.8 Å². The van der Waals surface area contributed by atoms with Crippen LogP contribution in [0, 0.1) is 0 Å². The molecule has 2 N–H and O–H groups in total. The van der Waals surface area contributed by atoms with Crippen LogP contribution in [0.25, 0.3) is 0 Å². The van der Waals surface area contributed by atoms with Crippen molar-refractivity contribution in [2.24, 2.45) is 0 Å². The van der Waals surface area contributed by atoms with Gasteiger partial charge in [0.05, 0.1) is 7.11 Å². The molecule has 1 heterocycles. The molecule has 0 saturated carbocycles. The van der Waals surface area contributed by atoms with E-state index in [0.29, 0.717) is 11.3 Å². The highest BCUT2D eigenvalue weighted by Crippen LogP contribution is 2.34. The molecule has 2 aromatic rings. The van der Waals surface area contributed by atoms with Gasteiger partial charge in [-0.1, -0.05) is 6.07 Å². The summed E-state index contributed by atoms with van der Waals surface area (Å²) in [6, 6.07) is 13.1. The molecule has 0 fully saturated rings. The third-order valence-corrected chi connectivity index (χ3v) is 3.88. The van der Waals surface area contributed by atoms with Crippen molar-refractivity contribution in [1.29, 1.82) is 0 Å². The lowest BCUT2D eigenvalue weighted by molar-refractivity contribution is 0.0981. The highest BCUT2D eigenvalue weighted by atomic mass is 16.5. The second-order valence-corrected chi connectivity index (χ2v) is 5.34. The first-order valence-electron chi connectivity index (χ1n) is 6.96. The van der Waals surface area contributed by atoms with Crippen LogP contribution in [0.4, 0.5) is 11.4 Å². The van der Waals surface area contributed by atoms with E-state index >= 15 is 0 Å². The van der Waals surface area contributed by atoms with Crippen LogP contribution in [0.3, 0.4) is 0 Å². The smallest absolute Gasteiger partial charge is 0.258 e. The number of anilines is 2. The summed E-state index contributed by atoms with van der Waals surface area (Å²) in [5.74, 6) is 0.736. The number of nitrogens with two attached hydrogens (primary N) is 1. The first-order chi connectivity index (χ1) is 10.1. The maximum Gasteiger partial charge on any atom is 0.258 e. The maximum absolute atomic E-state index is 12.8. The van der Waals surface area contributed by atoms with Crippen LogP contribution in [0.5, 0.6) is 5.75 Å². The Hall–Kier alpha value is -2.49. The lowest BCUT2D eigenvalue weighted by Gasteiger charge is -2.23. The molecule has 0 radical (unpaired) electrons. The lowest BCUT2D eigenvalue weighted by atomic mass is 10.1. The molecule has 0 aromatic heterocycles. The van der Waals surface area contributed by atoms with Gasteiger partial charge in [-0.25, -0.2) is 0 Å². The van der Waals surface area contributed by atoms with E-state index < -0.39 is 0 Å². The number of fused-ring (bicyclic) bond motifs is 1. The lowest BCUT2D eigenvalue weighted by Crippen LogP contribution is -2.35. The number of carbonyl (C=O) groups excluding carboxylic acids is 1. The predicted molar refractivity (Wildman–Crippen MR) is 83.8 cm³/mol. The van der Waals surface area contributed by atoms with E-state index in [1.807, 2.05) is 23.1 Å². The first kappa shape index (κ1) is 13.5. The number of carbonyl (C=O) groups is 1. The third kappa shape index (κ3) is 2.33. The van der Waals surface area contributed by atoms with Gasteiger partial charge in [0.15, 0.2) is 0 Å². The quantitative estimate of drug-likeness (QED) is 0.862. The number of amides is 1. The average Bonchev–Trinajstić information content (AvgIpc) is 2.82. The Morgan fingerprint density at radius 2 is 1.95 bits per heavy atom. The fourth-order valence-electron chi connectivity index (χ4n) is 2.81. The first-order valence-corrected chi connectivity index (χ1v) is 6.96. The van der Waals surface area contributed by atoms with Crippen molar-refractivity contribution in [3.8, 4) is 5.75 Å². The topological polar surface area (TPSA) is 55.6 Å². The number of nitrogens with zero attached hydrogens (tertiary/aromatic N) is 1. The van der Waals surface area contributed by atoms with Gasteiger partial charge in [0.2, 0.25) is 0 Å². The minimum atomic E-state index is -0.00509. The van der Waals surface area contributed by atoms with Crippen LogP contribution in [-0.4, -0.2) is 19.1 Å². The van der Waals surface area contributed by atoms with E-state index in [1.54, 1.807) is 31.4 Å². The molecule has 1 aliphatic rings. The van der Waals surface area contributed by atoms with Crippen LogP contribution < -0.4 is 15.4 Å². The van der Waals surface area contributed by atoms with Crippen molar-refractivity contribution in [2.75, 3.05) is 17.7 Å². The summed E-state index contributed by atoms with van der Waals surface area (Å²) in [6.45, 7) is 2.05. The monoisotopic (exact) mass is 282 g/mol. The summed E-state index contributed by atoms with van der Waals surface area (Å²) in [6.07, 6.45) is 0.859. The number of benzene rings is 2. The Balaban J connectivity index is 1.96. The van der Waals surface area contributed by atoms with Crippen LogP contribution >= 0.6 is 0 Å². The molecular formula is C17H18N2O2. The van der Waals surface area contributed by atoms with Gasteiger partial charge in [-0.05, 0) is 55.3 Å². The second-order valence-electron chi connectivity index (χ2n) is 5.34. The zero-order chi connectivity index (χ0) is 15.0. The van der Waals surface area contributed by atoms with Crippen LogP contribution in [0.2, 0.25) is 0 Å². The van der Waals surface area contributed by atoms with Gasteiger partial charge in [0, 0.05) is 23.0 Å². The highest BCUT2D eigenvalue weighted by molar-refractivity contribution is 6.08. The second kappa shape index (κ2) is 5.13. The number of rotatable bonds is 2. The van der Waals surface area contributed by atoms with E-state index in [9.17, 15) is 4.79 Å². The van der Waals surface area contributed by atoms with E-state index in [-0.39, 0.29) is 11.9 Å². The molecule has 0 aliphatic carbocycles. The molecule has 4 heteroatoms. The van der Waals surface area contributed by atoms with E-state index in [1.165, 1.54) is 5.56 Å². The number of hydrogen-bond acceptors (Lipinski definition) is 3. The van der Waals surface area contributed by atoms with Crippen molar-refractivity contribution in [3.63, 3.8) is 0 Å². The molecule has 0 saturated heterocycles. The molecule has 1 unspecified atom stereocenters. The maximum atomic E-state index is 12.8. The number of hydrogen-bond donors (Lipinski definition) is 1. The van der Waals surface area contributed by atoms with Crippen molar-refractivity contribution >= 4 is 17.3 Å². The van der Waals surface area contributed by atoms with Crippen molar-refractivity contribution in [1.82, 2.24) is 0 Å². The fourth-order valence-corrected chi connectivity index (χ4v) is 2.81. The van der Waals surface area contributed by atoms with Gasteiger partial charge in [-0.2, -0.15) is 0 Å². The Kier molecular flexibility index (Phi) is 3.29. The van der Waals surface area contributed by atoms with Gasteiger partial charge in [-0.3, -0.25) is 4.79 Å². The normalized spacial score (nSPS) is 16.7. The van der Waals surface area contributed by atoms with Crippen molar-refractivity contribution in [3.05, 3.63) is 53.6 Å². The minimum absolute atomic E-state index is 0.00509. The van der Waals surface area contributed by atoms with Gasteiger partial charge in [0.1, 0.15) is 5.75 Å². The number of ether oxygens (including phenoxy) is 1. The predicted octanol–water partition coefficient (Wildman–Crippen LogP) is 2.87. The largest absolute Gasteiger partial charge is 0.497 e. The highest BCUT2D eigenvalue weighted by Gasteiger charge is 2.31. The number of methoxy groups -OCH3 is 1. The zero-order valence-electron chi connectivity index (χ0n) is 12.2. The summed E-state index contributed by atoms with van der Waals surface area (Å²) in [5.41, 5.74) is 9.27. The average molecular weight is 282 g/mol. The molecule has 1 atom stereocenters. The molecule has 1 amide bonds. The van der Waals surface area contributed by atoms with E-state index in [0.717, 1.165) is 17.9 Å². The molecule has 0 spiro atoms. The Bertz CT molecular complexity index is 680. The fraction of sp³-hybridized carbons (Fsp3) is 0.235. The SMILES string of the molecule is COc1ccc(C(=O)N2c3cc(N)ccc3CC2C)cc1. The summed E-state index contributed by atoms with van der Waals surface area (Å²) in [7, 11) is 1.61. The van der Waals surface area contributed by atoms with Crippen molar-refractivity contribution < 1.29 is 9.53 Å². The Morgan fingerprint density at radius 1 is 1.24 bits per heavy atom. The van der Waals surface area contributed by atoms with Crippen molar-refractivity contribution in [2.45, 2.75) is 19.4 Å². The third-order valence-electron chi connectivity index (χ3n) is 3.88. The van der Waals surface area contributed by atoms with Gasteiger partial charge >= 0.3 is 0 Å². The molecule has 0 bridgehead atoms. The van der Waals surface area contributed by atoms with Crippen LogP contribution in [0.15, 0.2) is 42.5 Å². The molecular weight excluding hydrogens is 264 g/mol. The molecule has 2 aromatic carbocycles. The summed E-state index contributed by atoms with van der Waals surface area (Å²) in [5, 5.41) is 0. The zero-order valence-corrected chi connectivity index (χ0v) is 12.2. The molecule has 108 valence electrons. The number of nitrogen functional groups attached to an aromatic ring is 1. The standard InChI is InChI=1S/C17H18N2O2/c1-11-9-13-3-6-14(18)10-16(13)19(11)17(20)12-4-7-15(21-2)8-5-12/h3-8,10-11H,9,18H2,1-2H3. The molecule has 3 rings (SSSR count). The van der Waals surface area contributed by atoms with Gasteiger partial charge in [-0.15, -0.1) is 0 Å². The minimum Gasteiger partial charge on any atom is -0.497 e. The summed E-state index contributed by atoms with van der Waals surface area (Å²) in [4.78, 5) is 14.6. The van der Waals surface area contributed by atoms with Crippen LogP contribution in [-0.2, 0) is 6.42 Å². The molecule has 4 nitrogen and oxygen atoms in total. The molecule has 21 heavy (non-hydrogen) atoms. The summed E-state index contributed by atoms with van der Waals surface area (Å²) >= 11 is 0.